The van der Waals surface area contributed by atoms with E-state index in [1.165, 1.54) is 0 Å². The summed E-state index contributed by atoms with van der Waals surface area (Å²) in [5.74, 6) is 0.463. The SMILES string of the molecule is CCCNC(=O)CCNC(N)=NCCCN1CCOCC1.I. The number of carbonyl (C=O) groups is 1. The first-order valence-electron chi connectivity index (χ1n) is 7.83. The number of guanidine groups is 1. The predicted molar refractivity (Wildman–Crippen MR) is 99.7 cm³/mol. The molecule has 0 aromatic heterocycles. The highest BCUT2D eigenvalue weighted by Gasteiger charge is 2.08. The zero-order valence-corrected chi connectivity index (χ0v) is 15.8. The second kappa shape index (κ2) is 14.0. The van der Waals surface area contributed by atoms with E-state index in [-0.39, 0.29) is 29.9 Å². The minimum Gasteiger partial charge on any atom is -0.379 e. The third kappa shape index (κ3) is 11.0. The summed E-state index contributed by atoms with van der Waals surface area (Å²) in [5, 5.41) is 5.78. The molecule has 1 amide bonds. The van der Waals surface area contributed by atoms with Crippen LogP contribution in [-0.2, 0) is 9.53 Å². The lowest BCUT2D eigenvalue weighted by Crippen LogP contribution is -2.37. The van der Waals surface area contributed by atoms with Gasteiger partial charge in [0.1, 0.15) is 0 Å². The number of morpholine rings is 1. The van der Waals surface area contributed by atoms with Crippen molar-refractivity contribution in [2.24, 2.45) is 10.7 Å². The lowest BCUT2D eigenvalue weighted by molar-refractivity contribution is -0.120. The van der Waals surface area contributed by atoms with Gasteiger partial charge in [-0.25, -0.2) is 0 Å². The van der Waals surface area contributed by atoms with E-state index in [9.17, 15) is 4.79 Å². The van der Waals surface area contributed by atoms with Crippen molar-refractivity contribution in [1.82, 2.24) is 15.5 Å². The standard InChI is InChI=1S/C14H29N5O2.HI/c1-2-5-16-13(20)4-7-18-14(15)17-6-3-8-19-9-11-21-12-10-19;/h2-12H2,1H3,(H,16,20)(H3,15,17,18);1H. The first kappa shape index (κ1) is 21.4. The van der Waals surface area contributed by atoms with E-state index in [1.54, 1.807) is 0 Å². The van der Waals surface area contributed by atoms with Gasteiger partial charge in [-0.2, -0.15) is 0 Å². The summed E-state index contributed by atoms with van der Waals surface area (Å²) in [6.07, 6.45) is 2.36. The van der Waals surface area contributed by atoms with Crippen LogP contribution in [-0.4, -0.2) is 69.2 Å². The molecule has 8 heteroatoms. The van der Waals surface area contributed by atoms with Crippen molar-refractivity contribution in [2.75, 3.05) is 52.5 Å². The van der Waals surface area contributed by atoms with Crippen molar-refractivity contribution >= 4 is 35.8 Å². The Morgan fingerprint density at radius 3 is 2.68 bits per heavy atom. The van der Waals surface area contributed by atoms with Crippen LogP contribution in [0.25, 0.3) is 0 Å². The summed E-state index contributed by atoms with van der Waals surface area (Å²) >= 11 is 0. The second-order valence-electron chi connectivity index (χ2n) is 5.10. The Hall–Kier alpha value is -0.610. The summed E-state index contributed by atoms with van der Waals surface area (Å²) in [6, 6.07) is 0. The fourth-order valence-electron chi connectivity index (χ4n) is 2.03. The van der Waals surface area contributed by atoms with Crippen molar-refractivity contribution < 1.29 is 9.53 Å². The molecular formula is C14H30IN5O2. The quantitative estimate of drug-likeness (QED) is 0.211. The van der Waals surface area contributed by atoms with Crippen LogP contribution in [0.15, 0.2) is 4.99 Å². The summed E-state index contributed by atoms with van der Waals surface area (Å²) in [4.78, 5) is 18.0. The number of amides is 1. The molecule has 1 heterocycles. The Morgan fingerprint density at radius 2 is 2.00 bits per heavy atom. The minimum absolute atomic E-state index is 0. The Labute approximate surface area is 150 Å². The van der Waals surface area contributed by atoms with Crippen LogP contribution in [0.2, 0.25) is 0 Å². The van der Waals surface area contributed by atoms with E-state index >= 15 is 0 Å². The molecule has 1 saturated heterocycles. The van der Waals surface area contributed by atoms with Gasteiger partial charge in [-0.05, 0) is 12.8 Å². The number of hydrogen-bond acceptors (Lipinski definition) is 4. The Morgan fingerprint density at radius 1 is 1.27 bits per heavy atom. The van der Waals surface area contributed by atoms with Crippen molar-refractivity contribution in [3.05, 3.63) is 0 Å². The van der Waals surface area contributed by atoms with E-state index in [2.05, 4.69) is 20.5 Å². The van der Waals surface area contributed by atoms with Crippen LogP contribution < -0.4 is 16.4 Å². The molecule has 0 radical (unpaired) electrons. The molecule has 7 nitrogen and oxygen atoms in total. The van der Waals surface area contributed by atoms with Crippen LogP contribution in [0, 0.1) is 0 Å². The summed E-state index contributed by atoms with van der Waals surface area (Å²) in [6.45, 7) is 8.67. The van der Waals surface area contributed by atoms with Gasteiger partial charge in [0.2, 0.25) is 5.91 Å². The number of aliphatic imine (C=N–C) groups is 1. The molecule has 4 N–H and O–H groups in total. The summed E-state index contributed by atoms with van der Waals surface area (Å²) in [7, 11) is 0. The fourth-order valence-corrected chi connectivity index (χ4v) is 2.03. The monoisotopic (exact) mass is 427 g/mol. The van der Waals surface area contributed by atoms with Crippen molar-refractivity contribution in [1.29, 1.82) is 0 Å². The molecule has 0 aliphatic carbocycles. The van der Waals surface area contributed by atoms with Gasteiger partial charge >= 0.3 is 0 Å². The van der Waals surface area contributed by atoms with E-state index < -0.39 is 0 Å². The molecule has 130 valence electrons. The number of hydrogen-bond donors (Lipinski definition) is 3. The van der Waals surface area contributed by atoms with Crippen molar-refractivity contribution in [3.63, 3.8) is 0 Å². The molecule has 1 aliphatic heterocycles. The Balaban J connectivity index is 0.00000441. The van der Waals surface area contributed by atoms with Crippen LogP contribution in [0.1, 0.15) is 26.2 Å². The lowest BCUT2D eigenvalue weighted by atomic mass is 10.3. The van der Waals surface area contributed by atoms with Crippen LogP contribution in [0.4, 0.5) is 0 Å². The number of carbonyl (C=O) groups excluding carboxylic acids is 1. The van der Waals surface area contributed by atoms with E-state index in [4.69, 9.17) is 10.5 Å². The summed E-state index contributed by atoms with van der Waals surface area (Å²) in [5.41, 5.74) is 5.75. The highest BCUT2D eigenvalue weighted by Crippen LogP contribution is 1.97. The Kier molecular flexibility index (Phi) is 13.6. The number of halogens is 1. The smallest absolute Gasteiger partial charge is 0.221 e. The molecule has 0 aromatic rings. The second-order valence-corrected chi connectivity index (χ2v) is 5.10. The van der Waals surface area contributed by atoms with Gasteiger partial charge in [0.25, 0.3) is 0 Å². The maximum atomic E-state index is 11.4. The van der Waals surface area contributed by atoms with E-state index in [0.717, 1.165) is 52.2 Å². The molecule has 0 unspecified atom stereocenters. The maximum Gasteiger partial charge on any atom is 0.221 e. The topological polar surface area (TPSA) is 92.0 Å². The number of ether oxygens (including phenoxy) is 1. The molecule has 0 saturated carbocycles. The fraction of sp³-hybridized carbons (Fsp3) is 0.857. The molecular weight excluding hydrogens is 397 g/mol. The van der Waals surface area contributed by atoms with Crippen molar-refractivity contribution in [3.8, 4) is 0 Å². The van der Waals surface area contributed by atoms with Gasteiger partial charge in [0.15, 0.2) is 5.96 Å². The average molecular weight is 427 g/mol. The number of nitrogens with two attached hydrogens (primary N) is 1. The third-order valence-electron chi connectivity index (χ3n) is 3.25. The number of rotatable bonds is 9. The molecule has 1 fully saturated rings. The van der Waals surface area contributed by atoms with E-state index in [0.29, 0.717) is 25.5 Å². The zero-order valence-electron chi connectivity index (χ0n) is 13.5. The normalized spacial score (nSPS) is 16.0. The zero-order chi connectivity index (χ0) is 15.3. The van der Waals surface area contributed by atoms with Crippen molar-refractivity contribution in [2.45, 2.75) is 26.2 Å². The third-order valence-corrected chi connectivity index (χ3v) is 3.25. The van der Waals surface area contributed by atoms with Gasteiger partial charge in [-0.15, -0.1) is 24.0 Å². The molecule has 22 heavy (non-hydrogen) atoms. The predicted octanol–water partition coefficient (Wildman–Crippen LogP) is 0.147. The van der Waals surface area contributed by atoms with Gasteiger partial charge < -0.3 is 21.1 Å². The molecule has 0 spiro atoms. The van der Waals surface area contributed by atoms with Crippen LogP contribution in [0.5, 0.6) is 0 Å². The number of nitrogens with one attached hydrogen (secondary N) is 2. The Bertz CT molecular complexity index is 322. The molecule has 0 aromatic carbocycles. The average Bonchev–Trinajstić information content (AvgIpc) is 2.50. The summed E-state index contributed by atoms with van der Waals surface area (Å²) < 4.78 is 5.30. The first-order valence-corrected chi connectivity index (χ1v) is 7.83. The first-order chi connectivity index (χ1) is 10.2. The molecule has 0 atom stereocenters. The largest absolute Gasteiger partial charge is 0.379 e. The molecule has 0 bridgehead atoms. The maximum absolute atomic E-state index is 11.4. The van der Waals surface area contributed by atoms with Gasteiger partial charge in [-0.3, -0.25) is 14.7 Å². The minimum atomic E-state index is 0. The van der Waals surface area contributed by atoms with Gasteiger partial charge in [0, 0.05) is 45.7 Å². The van der Waals surface area contributed by atoms with E-state index in [1.807, 2.05) is 6.92 Å². The van der Waals surface area contributed by atoms with Crippen LogP contribution in [0.3, 0.4) is 0 Å². The number of nitrogens with zero attached hydrogens (tertiary/aromatic N) is 2. The van der Waals surface area contributed by atoms with Crippen LogP contribution >= 0.6 is 24.0 Å². The van der Waals surface area contributed by atoms with Gasteiger partial charge in [-0.1, -0.05) is 6.92 Å². The molecule has 1 rings (SSSR count). The lowest BCUT2D eigenvalue weighted by Gasteiger charge is -2.26. The highest BCUT2D eigenvalue weighted by molar-refractivity contribution is 14.0. The molecule has 1 aliphatic rings. The van der Waals surface area contributed by atoms with Gasteiger partial charge in [0.05, 0.1) is 13.2 Å². The highest BCUT2D eigenvalue weighted by atomic mass is 127.